The second-order valence-electron chi connectivity index (χ2n) is 3.66. The van der Waals surface area contributed by atoms with Gasteiger partial charge in [-0.15, -0.1) is 0 Å². The summed E-state index contributed by atoms with van der Waals surface area (Å²) >= 11 is 0. The third kappa shape index (κ3) is 3.43. The first-order valence-corrected chi connectivity index (χ1v) is 5.14. The maximum atomic E-state index is 10.6. The van der Waals surface area contributed by atoms with Gasteiger partial charge in [0.2, 0.25) is 0 Å². The summed E-state index contributed by atoms with van der Waals surface area (Å²) in [5.41, 5.74) is 0.456. The highest BCUT2D eigenvalue weighted by atomic mass is 16.6. The number of rotatable bonds is 5. The fourth-order valence-electron chi connectivity index (χ4n) is 1.42. The molecule has 0 heterocycles. The maximum Gasteiger partial charge on any atom is 0.287 e. The first-order chi connectivity index (χ1) is 8.08. The van der Waals surface area contributed by atoms with Gasteiger partial charge in [0, 0.05) is 24.4 Å². The molecule has 1 aromatic rings. The lowest BCUT2D eigenvalue weighted by molar-refractivity contribution is -0.385. The predicted molar refractivity (Wildman–Crippen MR) is 62.6 cm³/mol. The van der Waals surface area contributed by atoms with Gasteiger partial charge in [0.25, 0.3) is 5.69 Å². The molecule has 1 unspecified atom stereocenters. The first kappa shape index (κ1) is 12.9. The number of hydrogen-bond acceptors (Lipinski definition) is 5. The zero-order valence-electron chi connectivity index (χ0n) is 9.38. The summed E-state index contributed by atoms with van der Waals surface area (Å²) in [5, 5.41) is 31.2. The molecule has 0 aliphatic carbocycles. The van der Waals surface area contributed by atoms with Crippen molar-refractivity contribution in [1.82, 2.24) is 0 Å². The molecule has 0 saturated carbocycles. The highest BCUT2D eigenvalue weighted by molar-refractivity contribution is 5.58. The van der Waals surface area contributed by atoms with E-state index in [1.54, 1.807) is 12.1 Å². The Hall–Kier alpha value is -2.13. The topological polar surface area (TPSA) is 99.2 Å². The van der Waals surface area contributed by atoms with Crippen molar-refractivity contribution in [3.63, 3.8) is 0 Å². The van der Waals surface area contributed by atoms with E-state index in [4.69, 9.17) is 10.4 Å². The van der Waals surface area contributed by atoms with E-state index < -0.39 is 4.92 Å². The largest absolute Gasteiger partial charge is 0.396 e. The quantitative estimate of drug-likeness (QED) is 0.597. The van der Waals surface area contributed by atoms with Crippen LogP contribution in [0.15, 0.2) is 18.2 Å². The van der Waals surface area contributed by atoms with Crippen molar-refractivity contribution in [3.05, 3.63) is 33.9 Å². The van der Waals surface area contributed by atoms with Crippen molar-refractivity contribution in [2.24, 2.45) is 0 Å². The molecule has 0 saturated heterocycles. The number of nitrogens with zero attached hydrogens (tertiary/aromatic N) is 2. The molecule has 0 aliphatic rings. The van der Waals surface area contributed by atoms with Gasteiger partial charge in [-0.05, 0) is 25.5 Å². The Morgan fingerprint density at radius 2 is 2.35 bits per heavy atom. The van der Waals surface area contributed by atoms with Crippen molar-refractivity contribution in [3.8, 4) is 6.07 Å². The van der Waals surface area contributed by atoms with Crippen LogP contribution in [0.4, 0.5) is 11.4 Å². The van der Waals surface area contributed by atoms with Gasteiger partial charge in [0.05, 0.1) is 4.92 Å². The Labute approximate surface area is 98.6 Å². The number of aliphatic hydroxyl groups excluding tert-OH is 1. The minimum absolute atomic E-state index is 0.0243. The molecule has 6 nitrogen and oxygen atoms in total. The van der Waals surface area contributed by atoms with E-state index in [1.807, 2.05) is 6.92 Å². The summed E-state index contributed by atoms with van der Waals surface area (Å²) in [6.45, 7) is 1.94. The molecule has 17 heavy (non-hydrogen) atoms. The van der Waals surface area contributed by atoms with Crippen LogP contribution in [0.1, 0.15) is 18.9 Å². The number of nitro groups is 1. The van der Waals surface area contributed by atoms with Crippen LogP contribution in [-0.2, 0) is 0 Å². The van der Waals surface area contributed by atoms with E-state index >= 15 is 0 Å². The Morgan fingerprint density at radius 1 is 1.65 bits per heavy atom. The maximum absolute atomic E-state index is 10.6. The van der Waals surface area contributed by atoms with E-state index in [2.05, 4.69) is 5.32 Å². The van der Waals surface area contributed by atoms with Gasteiger partial charge in [0.1, 0.15) is 11.6 Å². The highest BCUT2D eigenvalue weighted by Gasteiger charge is 2.14. The van der Waals surface area contributed by atoms with E-state index in [0.717, 1.165) is 0 Å². The van der Waals surface area contributed by atoms with Crippen molar-refractivity contribution < 1.29 is 10.0 Å². The van der Waals surface area contributed by atoms with Crippen molar-refractivity contribution in [2.45, 2.75) is 19.4 Å². The summed E-state index contributed by atoms with van der Waals surface area (Å²) in [6, 6.07) is 6.11. The number of anilines is 1. The third-order valence-electron chi connectivity index (χ3n) is 2.29. The predicted octanol–water partition coefficient (Wildman–Crippen LogP) is 1.65. The van der Waals surface area contributed by atoms with E-state index in [0.29, 0.717) is 12.1 Å². The average molecular weight is 235 g/mol. The smallest absolute Gasteiger partial charge is 0.287 e. The van der Waals surface area contributed by atoms with Gasteiger partial charge in [-0.1, -0.05) is 0 Å². The van der Waals surface area contributed by atoms with Gasteiger partial charge in [0.15, 0.2) is 0 Å². The number of nitro benzene ring substituents is 1. The Kier molecular flexibility index (Phi) is 4.43. The Bertz CT molecular complexity index is 454. The normalized spacial score (nSPS) is 11.6. The van der Waals surface area contributed by atoms with Crippen molar-refractivity contribution in [2.75, 3.05) is 11.9 Å². The van der Waals surface area contributed by atoms with Gasteiger partial charge in [-0.3, -0.25) is 10.1 Å². The lowest BCUT2D eigenvalue weighted by Crippen LogP contribution is -2.16. The van der Waals surface area contributed by atoms with Crippen LogP contribution in [0.2, 0.25) is 0 Å². The highest BCUT2D eigenvalue weighted by Crippen LogP contribution is 2.22. The first-order valence-electron chi connectivity index (χ1n) is 5.14. The Balaban J connectivity index is 2.91. The summed E-state index contributed by atoms with van der Waals surface area (Å²) in [7, 11) is 0. The monoisotopic (exact) mass is 235 g/mol. The number of nitrogens with one attached hydrogen (secondary N) is 1. The fourth-order valence-corrected chi connectivity index (χ4v) is 1.42. The van der Waals surface area contributed by atoms with Gasteiger partial charge in [-0.2, -0.15) is 5.26 Å². The average Bonchev–Trinajstić information content (AvgIpc) is 2.28. The van der Waals surface area contributed by atoms with Crippen LogP contribution in [0, 0.1) is 21.4 Å². The van der Waals surface area contributed by atoms with E-state index in [1.165, 1.54) is 12.1 Å². The molecule has 0 bridgehead atoms. The van der Waals surface area contributed by atoms with Crippen molar-refractivity contribution in [1.29, 1.82) is 5.26 Å². The molecule has 0 aliphatic heterocycles. The second-order valence-corrected chi connectivity index (χ2v) is 3.66. The molecule has 1 rings (SSSR count). The lowest BCUT2D eigenvalue weighted by atomic mass is 10.1. The summed E-state index contributed by atoms with van der Waals surface area (Å²) < 4.78 is 0. The third-order valence-corrected chi connectivity index (χ3v) is 2.29. The lowest BCUT2D eigenvalue weighted by Gasteiger charge is -2.13. The summed E-state index contributed by atoms with van der Waals surface area (Å²) in [4.78, 5) is 10.0. The van der Waals surface area contributed by atoms with Gasteiger partial charge < -0.3 is 10.4 Å². The van der Waals surface area contributed by atoms with E-state index in [-0.39, 0.29) is 23.9 Å². The number of aliphatic hydroxyl groups is 1. The SMILES string of the molecule is CC(CCO)Nc1ccc([N+](=O)[O-])c(C#N)c1. The van der Waals surface area contributed by atoms with E-state index in [9.17, 15) is 10.1 Å². The minimum atomic E-state index is -0.584. The molecule has 0 spiro atoms. The molecule has 2 N–H and O–H groups in total. The molecule has 1 atom stereocenters. The molecule has 90 valence electrons. The summed E-state index contributed by atoms with van der Waals surface area (Å²) in [5.74, 6) is 0. The molecule has 0 radical (unpaired) electrons. The fraction of sp³-hybridized carbons (Fsp3) is 0.364. The van der Waals surface area contributed by atoms with Crippen LogP contribution >= 0.6 is 0 Å². The van der Waals surface area contributed by atoms with Crippen LogP contribution in [0.25, 0.3) is 0 Å². The second kappa shape index (κ2) is 5.82. The summed E-state index contributed by atoms with van der Waals surface area (Å²) in [6.07, 6.45) is 0.568. The Morgan fingerprint density at radius 3 is 2.88 bits per heavy atom. The number of nitriles is 1. The van der Waals surface area contributed by atoms with Crippen LogP contribution < -0.4 is 5.32 Å². The zero-order valence-corrected chi connectivity index (χ0v) is 9.38. The molecular weight excluding hydrogens is 222 g/mol. The minimum Gasteiger partial charge on any atom is -0.396 e. The molecule has 1 aromatic carbocycles. The van der Waals surface area contributed by atoms with Crippen LogP contribution in [0.5, 0.6) is 0 Å². The molecule has 6 heteroatoms. The standard InChI is InChI=1S/C11H13N3O3/c1-8(4-5-15)13-10-2-3-11(14(16)17)9(6-10)7-12/h2-3,6,8,13,15H,4-5H2,1H3. The molecule has 0 fully saturated rings. The molecule has 0 aromatic heterocycles. The van der Waals surface area contributed by atoms with Gasteiger partial charge >= 0.3 is 0 Å². The van der Waals surface area contributed by atoms with Crippen LogP contribution in [0.3, 0.4) is 0 Å². The number of hydrogen-bond donors (Lipinski definition) is 2. The van der Waals surface area contributed by atoms with Gasteiger partial charge in [-0.25, -0.2) is 0 Å². The van der Waals surface area contributed by atoms with Crippen LogP contribution in [-0.4, -0.2) is 22.7 Å². The zero-order chi connectivity index (χ0) is 12.8. The number of benzene rings is 1. The molecule has 0 amide bonds. The van der Waals surface area contributed by atoms with Crippen molar-refractivity contribution >= 4 is 11.4 Å². The molecular formula is C11H13N3O3.